The van der Waals surface area contributed by atoms with Crippen LogP contribution in [0.15, 0.2) is 53.7 Å². The summed E-state index contributed by atoms with van der Waals surface area (Å²) in [6.07, 6.45) is 0. The van der Waals surface area contributed by atoms with Crippen LogP contribution in [-0.2, 0) is 0 Å². The predicted molar refractivity (Wildman–Crippen MR) is 91.8 cm³/mol. The number of Topliss-reactive ketones (excluding diaryl/α,β-unsaturated/α-hetero) is 1. The summed E-state index contributed by atoms with van der Waals surface area (Å²) >= 11 is 1.24. The number of methoxy groups -OCH3 is 1. The maximum Gasteiger partial charge on any atom is 0.214 e. The Kier molecular flexibility index (Phi) is 5.08. The van der Waals surface area contributed by atoms with E-state index in [2.05, 4.69) is 15.5 Å². The molecule has 0 N–H and O–H groups in total. The molecule has 8 heteroatoms. The van der Waals surface area contributed by atoms with Crippen LogP contribution in [0.1, 0.15) is 17.3 Å². The highest BCUT2D eigenvalue weighted by molar-refractivity contribution is 8.00. The van der Waals surface area contributed by atoms with Gasteiger partial charge in [-0.1, -0.05) is 11.8 Å². The lowest BCUT2D eigenvalue weighted by Crippen LogP contribution is -2.14. The van der Waals surface area contributed by atoms with E-state index in [4.69, 9.17) is 4.74 Å². The standard InChI is InChI=1S/C17H15FN4O2S/c1-11(16(23)12-3-5-13(18)6-4-12)25-17-19-20-21-22(17)14-7-9-15(24-2)10-8-14/h3-11H,1-2H3. The zero-order valence-corrected chi connectivity index (χ0v) is 14.4. The van der Waals surface area contributed by atoms with Crippen molar-refractivity contribution < 1.29 is 13.9 Å². The molecule has 1 heterocycles. The molecule has 0 aliphatic carbocycles. The molecule has 6 nitrogen and oxygen atoms in total. The van der Waals surface area contributed by atoms with Crippen LogP contribution in [0.4, 0.5) is 4.39 Å². The quantitative estimate of drug-likeness (QED) is 0.498. The van der Waals surface area contributed by atoms with Crippen molar-refractivity contribution in [2.24, 2.45) is 0 Å². The number of ketones is 1. The van der Waals surface area contributed by atoms with Gasteiger partial charge in [-0.25, -0.2) is 4.39 Å². The van der Waals surface area contributed by atoms with Crippen molar-refractivity contribution in [3.8, 4) is 11.4 Å². The summed E-state index contributed by atoms with van der Waals surface area (Å²) in [6, 6.07) is 12.7. The Labute approximate surface area is 148 Å². The summed E-state index contributed by atoms with van der Waals surface area (Å²) < 4.78 is 19.7. The minimum atomic E-state index is -0.423. The fourth-order valence-corrected chi connectivity index (χ4v) is 3.08. The van der Waals surface area contributed by atoms with Crippen molar-refractivity contribution in [3.05, 3.63) is 59.9 Å². The van der Waals surface area contributed by atoms with Crippen LogP contribution in [0, 0.1) is 5.82 Å². The number of carbonyl (C=O) groups is 1. The van der Waals surface area contributed by atoms with Gasteiger partial charge in [0.2, 0.25) is 5.16 Å². The third kappa shape index (κ3) is 3.85. The number of rotatable bonds is 6. The summed E-state index contributed by atoms with van der Waals surface area (Å²) in [4.78, 5) is 12.5. The molecule has 0 saturated carbocycles. The summed E-state index contributed by atoms with van der Waals surface area (Å²) in [6.45, 7) is 1.77. The van der Waals surface area contributed by atoms with Gasteiger partial charge in [-0.15, -0.1) is 5.10 Å². The lowest BCUT2D eigenvalue weighted by Gasteiger charge is -2.10. The van der Waals surface area contributed by atoms with Crippen LogP contribution in [0.5, 0.6) is 5.75 Å². The minimum absolute atomic E-state index is 0.116. The lowest BCUT2D eigenvalue weighted by atomic mass is 10.1. The van der Waals surface area contributed by atoms with E-state index in [1.807, 2.05) is 12.1 Å². The monoisotopic (exact) mass is 358 g/mol. The SMILES string of the molecule is COc1ccc(-n2nnnc2SC(C)C(=O)c2ccc(F)cc2)cc1. The van der Waals surface area contributed by atoms with E-state index in [1.165, 1.54) is 36.0 Å². The number of tetrazole rings is 1. The maximum atomic E-state index is 13.0. The number of halogens is 1. The van der Waals surface area contributed by atoms with E-state index in [0.29, 0.717) is 10.7 Å². The number of aromatic nitrogens is 4. The molecule has 0 aliphatic heterocycles. The molecule has 0 amide bonds. The second-order valence-electron chi connectivity index (χ2n) is 5.20. The van der Waals surface area contributed by atoms with E-state index >= 15 is 0 Å². The first-order valence-electron chi connectivity index (χ1n) is 7.47. The average Bonchev–Trinajstić information content (AvgIpc) is 3.10. The van der Waals surface area contributed by atoms with Crippen molar-refractivity contribution in [2.75, 3.05) is 7.11 Å². The molecule has 0 saturated heterocycles. The van der Waals surface area contributed by atoms with Crippen LogP contribution in [-0.4, -0.2) is 38.4 Å². The van der Waals surface area contributed by atoms with Gasteiger partial charge >= 0.3 is 0 Å². The highest BCUT2D eigenvalue weighted by Crippen LogP contribution is 2.26. The minimum Gasteiger partial charge on any atom is -0.497 e. The summed E-state index contributed by atoms with van der Waals surface area (Å²) in [5, 5.41) is 11.7. The molecule has 0 radical (unpaired) electrons. The van der Waals surface area contributed by atoms with Crippen LogP contribution in [0.2, 0.25) is 0 Å². The topological polar surface area (TPSA) is 69.9 Å². The van der Waals surface area contributed by atoms with Gasteiger partial charge in [0.25, 0.3) is 0 Å². The third-order valence-corrected chi connectivity index (χ3v) is 4.57. The van der Waals surface area contributed by atoms with Crippen molar-refractivity contribution in [2.45, 2.75) is 17.3 Å². The molecule has 0 aliphatic rings. The smallest absolute Gasteiger partial charge is 0.214 e. The number of thioether (sulfide) groups is 1. The second-order valence-corrected chi connectivity index (χ2v) is 6.51. The first-order valence-corrected chi connectivity index (χ1v) is 8.35. The summed E-state index contributed by atoms with van der Waals surface area (Å²) in [5.41, 5.74) is 1.21. The molecule has 3 aromatic rings. The van der Waals surface area contributed by atoms with E-state index in [0.717, 1.165) is 11.4 Å². The van der Waals surface area contributed by atoms with Gasteiger partial charge in [-0.2, -0.15) is 4.68 Å². The van der Waals surface area contributed by atoms with Gasteiger partial charge in [0.15, 0.2) is 5.78 Å². The van der Waals surface area contributed by atoms with Gasteiger partial charge < -0.3 is 4.74 Å². The fraction of sp³-hybridized carbons (Fsp3) is 0.176. The summed E-state index contributed by atoms with van der Waals surface area (Å²) in [5.74, 6) is 0.237. The van der Waals surface area contributed by atoms with Gasteiger partial charge in [0, 0.05) is 5.56 Å². The highest BCUT2D eigenvalue weighted by Gasteiger charge is 2.20. The van der Waals surface area contributed by atoms with Gasteiger partial charge in [0.1, 0.15) is 11.6 Å². The van der Waals surface area contributed by atoms with E-state index in [9.17, 15) is 9.18 Å². The zero-order chi connectivity index (χ0) is 17.8. The first kappa shape index (κ1) is 17.1. The highest BCUT2D eigenvalue weighted by atomic mass is 32.2. The molecule has 0 spiro atoms. The van der Waals surface area contributed by atoms with E-state index in [-0.39, 0.29) is 11.6 Å². The Balaban J connectivity index is 1.78. The number of carbonyl (C=O) groups excluding carboxylic acids is 1. The maximum absolute atomic E-state index is 13.0. The normalized spacial score (nSPS) is 12.0. The Bertz CT molecular complexity index is 865. The molecule has 2 aromatic carbocycles. The van der Waals surface area contributed by atoms with E-state index in [1.54, 1.807) is 30.8 Å². The first-order chi connectivity index (χ1) is 12.1. The Morgan fingerprint density at radius 3 is 2.48 bits per heavy atom. The lowest BCUT2D eigenvalue weighted by molar-refractivity contribution is 0.0994. The summed E-state index contributed by atoms with van der Waals surface area (Å²) in [7, 11) is 1.59. The molecule has 0 bridgehead atoms. The van der Waals surface area contributed by atoms with Crippen LogP contribution < -0.4 is 4.74 Å². The number of hydrogen-bond acceptors (Lipinski definition) is 6. The van der Waals surface area contributed by atoms with Crippen molar-refractivity contribution >= 4 is 17.5 Å². The van der Waals surface area contributed by atoms with E-state index < -0.39 is 5.25 Å². The third-order valence-electron chi connectivity index (χ3n) is 3.54. The number of hydrogen-bond donors (Lipinski definition) is 0. The van der Waals surface area contributed by atoms with Crippen LogP contribution in [0.25, 0.3) is 5.69 Å². The predicted octanol–water partition coefficient (Wildman–Crippen LogP) is 3.17. The fourth-order valence-electron chi connectivity index (χ4n) is 2.20. The largest absolute Gasteiger partial charge is 0.497 e. The Morgan fingerprint density at radius 2 is 1.84 bits per heavy atom. The molecular weight excluding hydrogens is 343 g/mol. The van der Waals surface area contributed by atoms with Crippen molar-refractivity contribution in [1.29, 1.82) is 0 Å². The van der Waals surface area contributed by atoms with Crippen LogP contribution >= 0.6 is 11.8 Å². The number of benzene rings is 2. The number of ether oxygens (including phenoxy) is 1. The zero-order valence-electron chi connectivity index (χ0n) is 13.6. The molecule has 25 heavy (non-hydrogen) atoms. The second kappa shape index (κ2) is 7.43. The molecule has 128 valence electrons. The van der Waals surface area contributed by atoms with Crippen molar-refractivity contribution in [3.63, 3.8) is 0 Å². The Hall–Kier alpha value is -2.74. The molecule has 1 atom stereocenters. The van der Waals surface area contributed by atoms with Crippen LogP contribution in [0.3, 0.4) is 0 Å². The molecule has 3 rings (SSSR count). The Morgan fingerprint density at radius 1 is 1.16 bits per heavy atom. The van der Waals surface area contributed by atoms with Gasteiger partial charge in [0.05, 0.1) is 18.0 Å². The van der Waals surface area contributed by atoms with Gasteiger partial charge in [-0.3, -0.25) is 4.79 Å². The average molecular weight is 358 g/mol. The molecule has 0 fully saturated rings. The molecule has 1 unspecified atom stereocenters. The number of nitrogens with zero attached hydrogens (tertiary/aromatic N) is 4. The molecular formula is C17H15FN4O2S. The van der Waals surface area contributed by atoms with Crippen molar-refractivity contribution in [1.82, 2.24) is 20.2 Å². The molecule has 1 aromatic heterocycles. The van der Waals surface area contributed by atoms with Gasteiger partial charge in [-0.05, 0) is 65.9 Å².